The van der Waals surface area contributed by atoms with Gasteiger partial charge in [-0.1, -0.05) is 12.1 Å². The third-order valence-corrected chi connectivity index (χ3v) is 3.62. The number of phenolic OH excluding ortho intramolecular Hbond substituents is 2. The number of aromatic amines is 1. The van der Waals surface area contributed by atoms with Crippen molar-refractivity contribution in [2.24, 2.45) is 0 Å². The molecule has 1 heterocycles. The van der Waals surface area contributed by atoms with Crippen LogP contribution in [-0.2, 0) is 4.74 Å². The summed E-state index contributed by atoms with van der Waals surface area (Å²) < 4.78 is 4.78. The van der Waals surface area contributed by atoms with E-state index < -0.39 is 23.4 Å². The Balaban J connectivity index is 1.90. The number of nitrogens with zero attached hydrogens (tertiary/aromatic N) is 3. The number of anilines is 1. The van der Waals surface area contributed by atoms with Crippen molar-refractivity contribution >= 4 is 17.6 Å². The van der Waals surface area contributed by atoms with Crippen molar-refractivity contribution < 1.29 is 24.5 Å². The van der Waals surface area contributed by atoms with Crippen molar-refractivity contribution in [1.29, 1.82) is 0 Å². The number of aromatic nitrogens is 4. The zero-order valence-electron chi connectivity index (χ0n) is 14.1. The number of phenols is 2. The quantitative estimate of drug-likeness (QED) is 0.392. The minimum atomic E-state index is -0.806. The Morgan fingerprint density at radius 1 is 1.15 bits per heavy atom. The van der Waals surface area contributed by atoms with E-state index in [4.69, 9.17) is 4.74 Å². The molecule has 2 aromatic carbocycles. The SMILES string of the molecule is CCOC(=O)c1cc(O)c(C(=O)Nc2ccccc2-c2nn[nH]n2)cc1O. The summed E-state index contributed by atoms with van der Waals surface area (Å²) in [6.45, 7) is 1.71. The first-order chi connectivity index (χ1) is 13.0. The topological polar surface area (TPSA) is 150 Å². The molecule has 3 aromatic rings. The largest absolute Gasteiger partial charge is 0.507 e. The van der Waals surface area contributed by atoms with Crippen LogP contribution in [0.1, 0.15) is 27.6 Å². The Bertz CT molecular complexity index is 987. The van der Waals surface area contributed by atoms with Crippen molar-refractivity contribution in [2.75, 3.05) is 11.9 Å². The molecular weight excluding hydrogens is 354 g/mol. The van der Waals surface area contributed by atoms with E-state index in [1.807, 2.05) is 0 Å². The van der Waals surface area contributed by atoms with Crippen LogP contribution in [0.2, 0.25) is 0 Å². The van der Waals surface area contributed by atoms with Crippen molar-refractivity contribution in [2.45, 2.75) is 6.92 Å². The molecule has 0 aliphatic carbocycles. The molecule has 10 heteroatoms. The van der Waals surface area contributed by atoms with Crippen LogP contribution in [-0.4, -0.2) is 49.3 Å². The maximum atomic E-state index is 12.6. The maximum Gasteiger partial charge on any atom is 0.342 e. The summed E-state index contributed by atoms with van der Waals surface area (Å²) in [5, 5.41) is 36.3. The van der Waals surface area contributed by atoms with Gasteiger partial charge in [-0.3, -0.25) is 4.79 Å². The Labute approximate surface area is 152 Å². The van der Waals surface area contributed by atoms with Gasteiger partial charge in [0.15, 0.2) is 0 Å². The number of aromatic hydroxyl groups is 2. The van der Waals surface area contributed by atoms with Crippen LogP contribution >= 0.6 is 0 Å². The Kier molecular flexibility index (Phi) is 4.97. The summed E-state index contributed by atoms with van der Waals surface area (Å²) in [4.78, 5) is 24.3. The number of H-pyrrole nitrogens is 1. The second kappa shape index (κ2) is 7.52. The average molecular weight is 369 g/mol. The number of carbonyl (C=O) groups excluding carboxylic acids is 2. The lowest BCUT2D eigenvalue weighted by Crippen LogP contribution is -2.14. The minimum absolute atomic E-state index is 0.105. The van der Waals surface area contributed by atoms with Gasteiger partial charge in [-0.15, -0.1) is 10.2 Å². The lowest BCUT2D eigenvalue weighted by atomic mass is 10.1. The number of esters is 1. The normalized spacial score (nSPS) is 10.4. The van der Waals surface area contributed by atoms with Gasteiger partial charge in [-0.2, -0.15) is 5.21 Å². The fourth-order valence-corrected chi connectivity index (χ4v) is 2.38. The molecule has 0 aliphatic rings. The molecule has 0 bridgehead atoms. The van der Waals surface area contributed by atoms with Crippen molar-refractivity contribution in [3.63, 3.8) is 0 Å². The van der Waals surface area contributed by atoms with Gasteiger partial charge in [-0.25, -0.2) is 4.79 Å². The smallest absolute Gasteiger partial charge is 0.342 e. The fourth-order valence-electron chi connectivity index (χ4n) is 2.38. The summed E-state index contributed by atoms with van der Waals surface area (Å²) in [5.41, 5.74) is 0.422. The van der Waals surface area contributed by atoms with Crippen molar-refractivity contribution in [1.82, 2.24) is 20.6 Å². The first-order valence-corrected chi connectivity index (χ1v) is 7.88. The number of ether oxygens (including phenoxy) is 1. The van der Waals surface area contributed by atoms with Gasteiger partial charge < -0.3 is 20.3 Å². The monoisotopic (exact) mass is 369 g/mol. The Morgan fingerprint density at radius 2 is 1.85 bits per heavy atom. The number of hydrogen-bond donors (Lipinski definition) is 4. The van der Waals surface area contributed by atoms with Crippen LogP contribution < -0.4 is 5.32 Å². The number of tetrazole rings is 1. The van der Waals surface area contributed by atoms with Gasteiger partial charge >= 0.3 is 5.97 Å². The van der Waals surface area contributed by atoms with Crippen molar-refractivity contribution in [3.8, 4) is 22.9 Å². The predicted molar refractivity (Wildman–Crippen MR) is 93.3 cm³/mol. The standard InChI is InChI=1S/C17H15N5O5/c1-2-27-17(26)11-8-13(23)10(7-14(11)24)16(25)18-12-6-4-3-5-9(12)15-19-21-22-20-15/h3-8,23-24H,2H2,1H3,(H,18,25)(H,19,20,21,22). The summed E-state index contributed by atoms with van der Waals surface area (Å²) in [5.74, 6) is -2.20. The molecule has 3 rings (SSSR count). The average Bonchev–Trinajstić information content (AvgIpc) is 3.18. The first-order valence-electron chi connectivity index (χ1n) is 7.88. The van der Waals surface area contributed by atoms with E-state index in [1.165, 1.54) is 0 Å². The van der Waals surface area contributed by atoms with Crippen LogP contribution in [0.15, 0.2) is 36.4 Å². The van der Waals surface area contributed by atoms with Gasteiger partial charge in [0.25, 0.3) is 5.91 Å². The molecule has 0 fully saturated rings. The highest BCUT2D eigenvalue weighted by atomic mass is 16.5. The molecule has 0 saturated carbocycles. The van der Waals surface area contributed by atoms with Crippen molar-refractivity contribution in [3.05, 3.63) is 47.5 Å². The van der Waals surface area contributed by atoms with E-state index in [0.717, 1.165) is 12.1 Å². The van der Waals surface area contributed by atoms with E-state index >= 15 is 0 Å². The van der Waals surface area contributed by atoms with Crippen LogP contribution in [0, 0.1) is 0 Å². The summed E-state index contributed by atoms with van der Waals surface area (Å²) in [6, 6.07) is 8.70. The molecule has 138 valence electrons. The molecule has 0 aliphatic heterocycles. The minimum Gasteiger partial charge on any atom is -0.507 e. The van der Waals surface area contributed by atoms with Crippen LogP contribution in [0.25, 0.3) is 11.4 Å². The van der Waals surface area contributed by atoms with Crippen LogP contribution in [0.3, 0.4) is 0 Å². The van der Waals surface area contributed by atoms with E-state index in [0.29, 0.717) is 11.3 Å². The van der Waals surface area contributed by atoms with E-state index in [-0.39, 0.29) is 23.6 Å². The molecule has 4 N–H and O–H groups in total. The predicted octanol–water partition coefficient (Wildman–Crippen LogP) is 1.71. The summed E-state index contributed by atoms with van der Waals surface area (Å²) >= 11 is 0. The van der Waals surface area contributed by atoms with Gasteiger partial charge in [0.2, 0.25) is 5.82 Å². The molecular formula is C17H15N5O5. The van der Waals surface area contributed by atoms with Crippen LogP contribution in [0.4, 0.5) is 5.69 Å². The molecule has 0 radical (unpaired) electrons. The van der Waals surface area contributed by atoms with E-state index in [9.17, 15) is 19.8 Å². The Hall–Kier alpha value is -3.95. The summed E-state index contributed by atoms with van der Waals surface area (Å²) in [7, 11) is 0. The molecule has 27 heavy (non-hydrogen) atoms. The number of carbonyl (C=O) groups is 2. The molecule has 1 amide bonds. The Morgan fingerprint density at radius 3 is 2.56 bits per heavy atom. The number of rotatable bonds is 5. The summed E-state index contributed by atoms with van der Waals surface area (Å²) in [6.07, 6.45) is 0. The highest BCUT2D eigenvalue weighted by Crippen LogP contribution is 2.30. The fraction of sp³-hybridized carbons (Fsp3) is 0.118. The second-order valence-corrected chi connectivity index (χ2v) is 5.34. The lowest BCUT2D eigenvalue weighted by Gasteiger charge is -2.11. The highest BCUT2D eigenvalue weighted by molar-refractivity contribution is 6.09. The lowest BCUT2D eigenvalue weighted by molar-refractivity contribution is 0.0522. The maximum absolute atomic E-state index is 12.6. The van der Waals surface area contributed by atoms with Gasteiger partial charge in [0.1, 0.15) is 17.1 Å². The van der Waals surface area contributed by atoms with Gasteiger partial charge in [-0.05, 0) is 36.4 Å². The van der Waals surface area contributed by atoms with Gasteiger partial charge in [0, 0.05) is 5.56 Å². The van der Waals surface area contributed by atoms with E-state index in [2.05, 4.69) is 25.9 Å². The molecule has 0 unspecified atom stereocenters. The molecule has 1 aromatic heterocycles. The third-order valence-electron chi connectivity index (χ3n) is 3.62. The number of benzene rings is 2. The van der Waals surface area contributed by atoms with Crippen LogP contribution in [0.5, 0.6) is 11.5 Å². The van der Waals surface area contributed by atoms with E-state index in [1.54, 1.807) is 31.2 Å². The molecule has 0 spiro atoms. The number of amides is 1. The van der Waals surface area contributed by atoms with Gasteiger partial charge in [0.05, 0.1) is 17.9 Å². The number of para-hydroxylation sites is 1. The molecule has 0 atom stereocenters. The molecule has 0 saturated heterocycles. The second-order valence-electron chi connectivity index (χ2n) is 5.34. The zero-order valence-corrected chi connectivity index (χ0v) is 14.1. The first kappa shape index (κ1) is 17.9. The molecule has 10 nitrogen and oxygen atoms in total. The number of nitrogens with one attached hydrogen (secondary N) is 2. The highest BCUT2D eigenvalue weighted by Gasteiger charge is 2.21. The zero-order chi connectivity index (χ0) is 19.4. The third kappa shape index (κ3) is 3.68. The number of hydrogen-bond acceptors (Lipinski definition) is 8.